The Morgan fingerprint density at radius 1 is 1.15 bits per heavy atom. The molecule has 0 saturated heterocycles. The number of carbonyl (C=O) groups excluding carboxylic acids is 4. The lowest BCUT2D eigenvalue weighted by molar-refractivity contribution is -0.143. The highest BCUT2D eigenvalue weighted by Gasteiger charge is 2.30. The maximum absolute atomic E-state index is 12.8. The Hall–Kier alpha value is -3.36. The van der Waals surface area contributed by atoms with Gasteiger partial charge in [-0.25, -0.2) is 13.2 Å². The molecule has 214 valence electrons. The lowest BCUT2D eigenvalue weighted by atomic mass is 9.88. The van der Waals surface area contributed by atoms with E-state index in [0.717, 1.165) is 39.3 Å². The van der Waals surface area contributed by atoms with Crippen molar-refractivity contribution in [3.8, 4) is 0 Å². The minimum absolute atomic E-state index is 0.139. The molecule has 40 heavy (non-hydrogen) atoms. The lowest BCUT2D eigenvalue weighted by Crippen LogP contribution is -2.29. The number of carbonyl (C=O) groups is 4. The lowest BCUT2D eigenvalue weighted by Gasteiger charge is -2.18. The van der Waals surface area contributed by atoms with E-state index in [-0.39, 0.29) is 28.5 Å². The highest BCUT2D eigenvalue weighted by Crippen LogP contribution is 2.40. The van der Waals surface area contributed by atoms with Crippen molar-refractivity contribution in [1.82, 2.24) is 4.57 Å². The first-order valence-corrected chi connectivity index (χ1v) is 16.0. The third-order valence-corrected chi connectivity index (χ3v) is 9.87. The summed E-state index contributed by atoms with van der Waals surface area (Å²) in [5.74, 6) is -4.53. The van der Waals surface area contributed by atoms with Gasteiger partial charge in [-0.05, 0) is 49.8 Å². The van der Waals surface area contributed by atoms with E-state index in [1.807, 2.05) is 0 Å². The second-order valence-electron chi connectivity index (χ2n) is 9.38. The van der Waals surface area contributed by atoms with Gasteiger partial charge in [-0.1, -0.05) is 30.4 Å². The molecule has 2 heterocycles. The third-order valence-electron chi connectivity index (χ3n) is 6.25. The molecule has 0 radical (unpaired) electrons. The van der Waals surface area contributed by atoms with Crippen LogP contribution in [0.4, 0.5) is 5.00 Å². The smallest absolute Gasteiger partial charge is 0.341 e. The molecule has 1 aromatic carbocycles. The van der Waals surface area contributed by atoms with Crippen LogP contribution < -0.4 is 10.1 Å². The molecule has 1 unspecified atom stereocenters. The number of ether oxygens (including phenoxy) is 2. The average molecular weight is 608 g/mol. The van der Waals surface area contributed by atoms with Gasteiger partial charge in [-0.3, -0.25) is 14.4 Å². The largest absolute Gasteiger partial charge is 0.465 e. The van der Waals surface area contributed by atoms with Crippen molar-refractivity contribution in [3.63, 3.8) is 0 Å². The van der Waals surface area contributed by atoms with Crippen molar-refractivity contribution < 1.29 is 37.1 Å². The number of aromatic nitrogens is 1. The molecule has 1 atom stereocenters. The number of nitrogens with one attached hydrogen (secondary N) is 1. The van der Waals surface area contributed by atoms with Crippen molar-refractivity contribution in [3.05, 3.63) is 45.1 Å². The summed E-state index contributed by atoms with van der Waals surface area (Å²) in [6.07, 6.45) is 2.30. The number of amides is 2. The van der Waals surface area contributed by atoms with Crippen LogP contribution in [0.25, 0.3) is 10.2 Å². The summed E-state index contributed by atoms with van der Waals surface area (Å²) in [5, 5.41) is 2.78. The normalized spacial score (nSPS) is 15.5. The molecule has 1 aliphatic carbocycles. The number of thiazole rings is 1. The van der Waals surface area contributed by atoms with Crippen LogP contribution in [0.15, 0.2) is 29.3 Å². The van der Waals surface area contributed by atoms with Gasteiger partial charge in [0.25, 0.3) is 5.91 Å². The summed E-state index contributed by atoms with van der Waals surface area (Å²) in [6, 6.07) is 7.10. The zero-order chi connectivity index (χ0) is 29.0. The second kappa shape index (κ2) is 12.4. The van der Waals surface area contributed by atoms with E-state index in [2.05, 4.69) is 17.2 Å². The molecule has 1 N–H and O–H groups in total. The number of esters is 2. The number of fused-ring (bicyclic) bond motifs is 2. The maximum Gasteiger partial charge on any atom is 0.341 e. The van der Waals surface area contributed by atoms with Crippen LogP contribution in [0.1, 0.15) is 41.1 Å². The number of thiophene rings is 1. The highest BCUT2D eigenvalue weighted by molar-refractivity contribution is 7.92. The van der Waals surface area contributed by atoms with E-state index in [1.165, 1.54) is 23.0 Å². The first kappa shape index (κ1) is 29.6. The standard InChI is InChI=1S/C26H29N3O8S3/c1-4-37-22(32)12-29-17-7-5-6-8-18(17)39-26(29)28-21(31)14-40(34,35)13-20(30)27-24-23(25(33)36-3)16-10-9-15(2)11-19(16)38-24/h5-8,15H,4,9-14H2,1-3H3,(H,27,30). The number of anilines is 1. The molecule has 1 aliphatic rings. The maximum atomic E-state index is 12.8. The second-order valence-corrected chi connectivity index (χ2v) is 13.6. The van der Waals surface area contributed by atoms with Crippen molar-refractivity contribution in [2.45, 2.75) is 39.7 Å². The molecular formula is C26H29N3O8S3. The number of para-hydroxylation sites is 1. The summed E-state index contributed by atoms with van der Waals surface area (Å²) in [5.41, 5.74) is 1.72. The molecule has 2 amide bonds. The number of hydrogen-bond donors (Lipinski definition) is 1. The third kappa shape index (κ3) is 6.85. The first-order valence-electron chi connectivity index (χ1n) is 12.6. The molecule has 2 aromatic heterocycles. The molecule has 4 rings (SSSR count). The summed E-state index contributed by atoms with van der Waals surface area (Å²) in [4.78, 5) is 55.1. The van der Waals surface area contributed by atoms with Crippen molar-refractivity contribution in [1.29, 1.82) is 0 Å². The van der Waals surface area contributed by atoms with Gasteiger partial charge < -0.3 is 19.4 Å². The van der Waals surface area contributed by atoms with E-state index in [0.29, 0.717) is 17.9 Å². The molecule has 0 aliphatic heterocycles. The van der Waals surface area contributed by atoms with Gasteiger partial charge in [0.05, 0.1) is 29.5 Å². The van der Waals surface area contributed by atoms with Crippen LogP contribution in [-0.2, 0) is 53.1 Å². The predicted molar refractivity (Wildman–Crippen MR) is 151 cm³/mol. The van der Waals surface area contributed by atoms with Gasteiger partial charge >= 0.3 is 11.9 Å². The van der Waals surface area contributed by atoms with Gasteiger partial charge in [0, 0.05) is 4.88 Å². The van der Waals surface area contributed by atoms with E-state index in [9.17, 15) is 27.6 Å². The van der Waals surface area contributed by atoms with Crippen LogP contribution in [-0.4, -0.2) is 62.0 Å². The molecule has 3 aromatic rings. The molecular weight excluding hydrogens is 579 g/mol. The molecule has 11 nitrogen and oxygen atoms in total. The SMILES string of the molecule is CCOC(=O)Cn1c(=NC(=O)CS(=O)(=O)CC(=O)Nc2sc3c(c2C(=O)OC)CCC(C)C3)sc2ccccc21. The molecule has 0 bridgehead atoms. The minimum Gasteiger partial charge on any atom is -0.465 e. The van der Waals surface area contributed by atoms with Crippen LogP contribution in [0.2, 0.25) is 0 Å². The van der Waals surface area contributed by atoms with Crippen molar-refractivity contribution in [2.75, 3.05) is 30.5 Å². The molecule has 14 heteroatoms. The number of rotatable bonds is 9. The quantitative estimate of drug-likeness (QED) is 0.365. The summed E-state index contributed by atoms with van der Waals surface area (Å²) >= 11 is 2.36. The molecule has 0 spiro atoms. The minimum atomic E-state index is -4.21. The topological polar surface area (TPSA) is 150 Å². The molecule has 0 saturated carbocycles. The van der Waals surface area contributed by atoms with E-state index >= 15 is 0 Å². The summed E-state index contributed by atoms with van der Waals surface area (Å²) in [7, 11) is -2.96. The Morgan fingerprint density at radius 3 is 2.62 bits per heavy atom. The van der Waals surface area contributed by atoms with Crippen LogP contribution in [0.3, 0.4) is 0 Å². The fraction of sp³-hybridized carbons (Fsp3) is 0.423. The first-order chi connectivity index (χ1) is 19.0. The Balaban J connectivity index is 1.51. The van der Waals surface area contributed by atoms with Crippen LogP contribution in [0.5, 0.6) is 0 Å². The van der Waals surface area contributed by atoms with Gasteiger partial charge in [0.1, 0.15) is 23.1 Å². The average Bonchev–Trinajstić information content (AvgIpc) is 3.39. The van der Waals surface area contributed by atoms with Crippen molar-refractivity contribution in [2.24, 2.45) is 10.9 Å². The van der Waals surface area contributed by atoms with Gasteiger partial charge in [0.2, 0.25) is 5.91 Å². The van der Waals surface area contributed by atoms with Crippen molar-refractivity contribution >= 4 is 71.5 Å². The van der Waals surface area contributed by atoms with Gasteiger partial charge in [0.15, 0.2) is 14.6 Å². The zero-order valence-corrected chi connectivity index (χ0v) is 24.7. The Bertz CT molecular complexity index is 1650. The number of benzene rings is 1. The highest BCUT2D eigenvalue weighted by atomic mass is 32.2. The van der Waals surface area contributed by atoms with Gasteiger partial charge in [-0.2, -0.15) is 4.99 Å². The fourth-order valence-corrected chi connectivity index (χ4v) is 7.97. The summed E-state index contributed by atoms with van der Waals surface area (Å²) in [6.45, 7) is 3.75. The Labute approximate surface area is 238 Å². The zero-order valence-electron chi connectivity index (χ0n) is 22.2. The van der Waals surface area contributed by atoms with Crippen LogP contribution >= 0.6 is 22.7 Å². The number of nitrogens with zero attached hydrogens (tertiary/aromatic N) is 2. The number of hydrogen-bond acceptors (Lipinski definition) is 10. The van der Waals surface area contributed by atoms with E-state index in [4.69, 9.17) is 9.47 Å². The molecule has 0 fully saturated rings. The van der Waals surface area contributed by atoms with Gasteiger partial charge in [-0.15, -0.1) is 11.3 Å². The monoisotopic (exact) mass is 607 g/mol. The Morgan fingerprint density at radius 2 is 1.90 bits per heavy atom. The Kier molecular flexibility index (Phi) is 9.21. The van der Waals surface area contributed by atoms with Crippen LogP contribution in [0, 0.1) is 5.92 Å². The predicted octanol–water partition coefficient (Wildman–Crippen LogP) is 2.72. The fourth-order valence-electron chi connectivity index (χ4n) is 4.49. The summed E-state index contributed by atoms with van der Waals surface area (Å²) < 4.78 is 37.7. The van der Waals surface area contributed by atoms with E-state index in [1.54, 1.807) is 31.2 Å². The number of sulfone groups is 1. The van der Waals surface area contributed by atoms with E-state index < -0.39 is 45.1 Å². The number of methoxy groups -OCH3 is 1.